The first kappa shape index (κ1) is 13.6. The Morgan fingerprint density at radius 2 is 2.20 bits per heavy atom. The Hall–Kier alpha value is -2.87. The number of nitrogens with zero attached hydrogens (tertiary/aromatic N) is 2. The van der Waals surface area contributed by atoms with E-state index in [0.29, 0.717) is 23.6 Å². The van der Waals surface area contributed by atoms with E-state index in [9.17, 15) is 4.79 Å². The monoisotopic (exact) mass is 267 g/mol. The lowest BCUT2D eigenvalue weighted by molar-refractivity contribution is 0.0695. The Labute approximate surface area is 116 Å². The number of pyridine rings is 1. The van der Waals surface area contributed by atoms with Gasteiger partial charge in [0, 0.05) is 6.54 Å². The summed E-state index contributed by atoms with van der Waals surface area (Å²) in [7, 11) is 0. The van der Waals surface area contributed by atoms with Crippen LogP contribution in [0.25, 0.3) is 0 Å². The van der Waals surface area contributed by atoms with Crippen molar-refractivity contribution in [1.82, 2.24) is 4.98 Å². The van der Waals surface area contributed by atoms with Crippen LogP contribution >= 0.6 is 0 Å². The second kappa shape index (κ2) is 5.85. The highest BCUT2D eigenvalue weighted by Gasteiger charge is 2.08. The molecule has 0 atom stereocenters. The second-order valence-electron chi connectivity index (χ2n) is 4.30. The lowest BCUT2D eigenvalue weighted by Gasteiger charge is -2.08. The van der Waals surface area contributed by atoms with E-state index < -0.39 is 5.97 Å². The molecule has 0 aliphatic rings. The third kappa shape index (κ3) is 3.12. The number of aromatic nitrogens is 1. The van der Waals surface area contributed by atoms with Crippen molar-refractivity contribution >= 4 is 11.8 Å². The third-order valence-corrected chi connectivity index (χ3v) is 2.85. The molecular formula is C15H13N3O2. The van der Waals surface area contributed by atoms with Gasteiger partial charge in [-0.25, -0.2) is 9.78 Å². The van der Waals surface area contributed by atoms with Crippen LogP contribution in [0.4, 0.5) is 5.82 Å². The van der Waals surface area contributed by atoms with Gasteiger partial charge in [-0.1, -0.05) is 12.1 Å². The smallest absolute Gasteiger partial charge is 0.337 e. The van der Waals surface area contributed by atoms with Crippen molar-refractivity contribution in [3.63, 3.8) is 0 Å². The molecule has 2 aromatic rings. The zero-order valence-corrected chi connectivity index (χ0v) is 10.9. The van der Waals surface area contributed by atoms with Gasteiger partial charge in [0.1, 0.15) is 5.82 Å². The van der Waals surface area contributed by atoms with Crippen LogP contribution in [0, 0.1) is 18.3 Å². The Bertz CT molecular complexity index is 690. The average Bonchev–Trinajstić information content (AvgIpc) is 2.45. The molecule has 0 aliphatic carbocycles. The molecule has 0 saturated heterocycles. The minimum Gasteiger partial charge on any atom is -0.478 e. The lowest BCUT2D eigenvalue weighted by atomic mass is 10.1. The van der Waals surface area contributed by atoms with E-state index in [1.165, 1.54) is 6.07 Å². The molecule has 5 nitrogen and oxygen atoms in total. The van der Waals surface area contributed by atoms with Gasteiger partial charge in [-0.15, -0.1) is 0 Å². The number of aromatic carboxylic acids is 1. The summed E-state index contributed by atoms with van der Waals surface area (Å²) >= 11 is 0. The molecule has 0 bridgehead atoms. The fraction of sp³-hybridized carbons (Fsp3) is 0.133. The zero-order chi connectivity index (χ0) is 14.5. The molecule has 1 aromatic heterocycles. The molecule has 0 saturated carbocycles. The lowest BCUT2D eigenvalue weighted by Crippen LogP contribution is -2.06. The van der Waals surface area contributed by atoms with Crippen molar-refractivity contribution in [2.45, 2.75) is 13.5 Å². The van der Waals surface area contributed by atoms with E-state index in [1.54, 1.807) is 25.1 Å². The van der Waals surface area contributed by atoms with Crippen LogP contribution in [0.15, 0.2) is 36.4 Å². The minimum absolute atomic E-state index is 0.196. The van der Waals surface area contributed by atoms with Crippen molar-refractivity contribution in [2.75, 3.05) is 5.32 Å². The number of aryl methyl sites for hydroxylation is 1. The summed E-state index contributed by atoms with van der Waals surface area (Å²) in [6, 6.07) is 12.5. The van der Waals surface area contributed by atoms with Gasteiger partial charge in [0.15, 0.2) is 0 Å². The molecule has 0 amide bonds. The standard InChI is InChI=1S/C15H13N3O2/c1-10-13(15(19)20)5-6-14(18-10)17-9-12-4-2-3-11(7-12)8-16/h2-7H,9H2,1H3,(H,17,18)(H,19,20). The first-order valence-corrected chi connectivity index (χ1v) is 6.04. The topological polar surface area (TPSA) is 86.0 Å². The molecule has 2 rings (SSSR count). The van der Waals surface area contributed by atoms with Gasteiger partial charge in [0.2, 0.25) is 0 Å². The molecule has 0 aliphatic heterocycles. The van der Waals surface area contributed by atoms with Gasteiger partial charge in [0.25, 0.3) is 0 Å². The van der Waals surface area contributed by atoms with Gasteiger partial charge >= 0.3 is 5.97 Å². The van der Waals surface area contributed by atoms with Crippen molar-refractivity contribution < 1.29 is 9.90 Å². The molecule has 2 N–H and O–H groups in total. The average molecular weight is 267 g/mol. The summed E-state index contributed by atoms with van der Waals surface area (Å²) < 4.78 is 0. The second-order valence-corrected chi connectivity index (χ2v) is 4.30. The minimum atomic E-state index is -0.983. The summed E-state index contributed by atoms with van der Waals surface area (Å²) in [6.45, 7) is 2.18. The van der Waals surface area contributed by atoms with Gasteiger partial charge < -0.3 is 10.4 Å². The van der Waals surface area contributed by atoms with Gasteiger partial charge in [-0.3, -0.25) is 0 Å². The number of benzene rings is 1. The van der Waals surface area contributed by atoms with Crippen LogP contribution < -0.4 is 5.32 Å². The Balaban J connectivity index is 2.09. The van der Waals surface area contributed by atoms with E-state index in [1.807, 2.05) is 12.1 Å². The summed E-state index contributed by atoms with van der Waals surface area (Å²) in [6.07, 6.45) is 0. The Morgan fingerprint density at radius 3 is 2.85 bits per heavy atom. The maximum absolute atomic E-state index is 10.9. The number of carboxylic acid groups (broad SMARTS) is 1. The molecule has 0 fully saturated rings. The van der Waals surface area contributed by atoms with Gasteiger partial charge in [0.05, 0.1) is 22.9 Å². The van der Waals surface area contributed by atoms with Gasteiger partial charge in [-0.2, -0.15) is 5.26 Å². The van der Waals surface area contributed by atoms with Crippen molar-refractivity contribution in [1.29, 1.82) is 5.26 Å². The van der Waals surface area contributed by atoms with E-state index >= 15 is 0 Å². The Morgan fingerprint density at radius 1 is 1.40 bits per heavy atom. The van der Waals surface area contributed by atoms with Crippen molar-refractivity contribution in [2.24, 2.45) is 0 Å². The normalized spacial score (nSPS) is 9.80. The number of hydrogen-bond acceptors (Lipinski definition) is 4. The highest BCUT2D eigenvalue weighted by molar-refractivity contribution is 5.89. The van der Waals surface area contributed by atoms with E-state index in [2.05, 4.69) is 16.4 Å². The molecular weight excluding hydrogens is 254 g/mol. The summed E-state index contributed by atoms with van der Waals surface area (Å²) in [5.74, 6) is -0.377. The van der Waals surface area contributed by atoms with Crippen molar-refractivity contribution in [3.05, 3.63) is 58.8 Å². The zero-order valence-electron chi connectivity index (χ0n) is 10.9. The van der Waals surface area contributed by atoms with Crippen LogP contribution in [-0.2, 0) is 6.54 Å². The summed E-state index contributed by atoms with van der Waals surface area (Å²) in [5.41, 5.74) is 2.23. The predicted octanol–water partition coefficient (Wildman–Crippen LogP) is 2.57. The number of carbonyl (C=O) groups is 1. The van der Waals surface area contributed by atoms with Crippen LogP contribution in [0.3, 0.4) is 0 Å². The first-order chi connectivity index (χ1) is 9.60. The Kier molecular flexibility index (Phi) is 3.96. The number of anilines is 1. The molecule has 0 radical (unpaired) electrons. The number of nitriles is 1. The maximum atomic E-state index is 10.9. The maximum Gasteiger partial charge on any atom is 0.337 e. The summed E-state index contributed by atoms with van der Waals surface area (Å²) in [5, 5.41) is 20.9. The van der Waals surface area contributed by atoms with Crippen LogP contribution in [-0.4, -0.2) is 16.1 Å². The molecule has 1 aromatic carbocycles. The number of carboxylic acids is 1. The summed E-state index contributed by atoms with van der Waals surface area (Å²) in [4.78, 5) is 15.1. The van der Waals surface area contributed by atoms with Crippen molar-refractivity contribution in [3.8, 4) is 6.07 Å². The molecule has 5 heteroatoms. The van der Waals surface area contributed by atoms with E-state index in [4.69, 9.17) is 10.4 Å². The third-order valence-electron chi connectivity index (χ3n) is 2.85. The van der Waals surface area contributed by atoms with Gasteiger partial charge in [-0.05, 0) is 36.8 Å². The van der Waals surface area contributed by atoms with Crippen LogP contribution in [0.1, 0.15) is 27.2 Å². The molecule has 20 heavy (non-hydrogen) atoms. The highest BCUT2D eigenvalue weighted by atomic mass is 16.4. The fourth-order valence-corrected chi connectivity index (χ4v) is 1.83. The predicted molar refractivity (Wildman–Crippen MR) is 74.4 cm³/mol. The van der Waals surface area contributed by atoms with E-state index in [0.717, 1.165) is 5.56 Å². The SMILES string of the molecule is Cc1nc(NCc2cccc(C#N)c2)ccc1C(=O)O. The highest BCUT2D eigenvalue weighted by Crippen LogP contribution is 2.12. The first-order valence-electron chi connectivity index (χ1n) is 6.04. The molecule has 100 valence electrons. The number of hydrogen-bond donors (Lipinski definition) is 2. The number of nitrogens with one attached hydrogen (secondary N) is 1. The largest absolute Gasteiger partial charge is 0.478 e. The molecule has 1 heterocycles. The van der Waals surface area contributed by atoms with Crippen LogP contribution in [0.2, 0.25) is 0 Å². The molecule has 0 spiro atoms. The van der Waals surface area contributed by atoms with E-state index in [-0.39, 0.29) is 5.56 Å². The number of rotatable bonds is 4. The quantitative estimate of drug-likeness (QED) is 0.889. The van der Waals surface area contributed by atoms with Crippen LogP contribution in [0.5, 0.6) is 0 Å². The molecule has 0 unspecified atom stereocenters. The fourth-order valence-electron chi connectivity index (χ4n) is 1.83.